The van der Waals surface area contributed by atoms with Gasteiger partial charge in [-0.3, -0.25) is 14.9 Å². The van der Waals surface area contributed by atoms with Crippen LogP contribution in [-0.2, 0) is 20.8 Å². The molecule has 1 aliphatic heterocycles. The van der Waals surface area contributed by atoms with E-state index in [1.807, 2.05) is 30.3 Å². The Morgan fingerprint density at radius 1 is 1.18 bits per heavy atom. The molecule has 2 fully saturated rings. The quantitative estimate of drug-likeness (QED) is 0.628. The number of amides is 1. The van der Waals surface area contributed by atoms with Gasteiger partial charge in [-0.15, -0.1) is 0 Å². The Morgan fingerprint density at radius 2 is 1.89 bits per heavy atom. The number of rotatable bonds is 8. The van der Waals surface area contributed by atoms with Gasteiger partial charge in [0.25, 0.3) is 0 Å². The maximum Gasteiger partial charge on any atom is 0.326 e. The summed E-state index contributed by atoms with van der Waals surface area (Å²) in [5.74, 6) is -2.06. The Hall–Kier alpha value is -2.41. The van der Waals surface area contributed by atoms with Crippen molar-refractivity contribution in [2.75, 3.05) is 0 Å². The summed E-state index contributed by atoms with van der Waals surface area (Å²) in [5.41, 5.74) is 1.04. The fraction of sp³-hybridized carbons (Fsp3) is 0.571. The number of benzene rings is 1. The molecule has 0 unspecified atom stereocenters. The van der Waals surface area contributed by atoms with Gasteiger partial charge in [0.05, 0.1) is 6.04 Å². The minimum atomic E-state index is -1.01. The molecule has 0 radical (unpaired) electrons. The summed E-state index contributed by atoms with van der Waals surface area (Å²) in [6.07, 6.45) is 4.21. The average Bonchev–Trinajstić information content (AvgIpc) is 3.26. The Kier molecular flexibility index (Phi) is 6.34. The second-order valence-electron chi connectivity index (χ2n) is 7.90. The third-order valence-electron chi connectivity index (χ3n) is 6.06. The first-order valence-corrected chi connectivity index (χ1v) is 9.96. The van der Waals surface area contributed by atoms with Gasteiger partial charge in [0.15, 0.2) is 0 Å². The van der Waals surface area contributed by atoms with Crippen LogP contribution in [0.25, 0.3) is 0 Å². The number of aryl methyl sites for hydroxylation is 1. The maximum absolute atomic E-state index is 13.0. The van der Waals surface area contributed by atoms with Crippen molar-refractivity contribution in [3.63, 3.8) is 0 Å². The van der Waals surface area contributed by atoms with Gasteiger partial charge >= 0.3 is 11.9 Å². The van der Waals surface area contributed by atoms with Crippen LogP contribution in [0.4, 0.5) is 0 Å². The lowest BCUT2D eigenvalue weighted by Crippen LogP contribution is -2.55. The van der Waals surface area contributed by atoms with Crippen molar-refractivity contribution in [3.05, 3.63) is 35.9 Å². The summed E-state index contributed by atoms with van der Waals surface area (Å²) in [4.78, 5) is 37.9. The fourth-order valence-corrected chi connectivity index (χ4v) is 4.66. The molecule has 0 bridgehead atoms. The predicted molar refractivity (Wildman–Crippen MR) is 103 cm³/mol. The lowest BCUT2D eigenvalue weighted by Gasteiger charge is -2.31. The third kappa shape index (κ3) is 4.35. The Balaban J connectivity index is 1.65. The van der Waals surface area contributed by atoms with Gasteiger partial charge in [-0.25, -0.2) is 4.79 Å². The summed E-state index contributed by atoms with van der Waals surface area (Å²) in [5, 5.41) is 22.0. The number of nitrogens with zero attached hydrogens (tertiary/aromatic N) is 1. The summed E-state index contributed by atoms with van der Waals surface area (Å²) in [6.45, 7) is 1.63. The van der Waals surface area contributed by atoms with E-state index >= 15 is 0 Å². The molecule has 0 aromatic heterocycles. The number of carbonyl (C=O) groups is 3. The summed E-state index contributed by atoms with van der Waals surface area (Å²) in [6, 6.07) is 7.13. The van der Waals surface area contributed by atoms with E-state index in [1.165, 1.54) is 4.90 Å². The SMILES string of the molecule is C[C@H](N[C@@H](CCc1ccccc1)C(=O)O)C(=O)N1[C@@H]2CCC[C@@H]2C[C@H]1C(=O)O. The molecule has 1 heterocycles. The molecule has 1 saturated heterocycles. The van der Waals surface area contributed by atoms with Crippen LogP contribution in [0.15, 0.2) is 30.3 Å². The van der Waals surface area contributed by atoms with E-state index in [2.05, 4.69) is 5.32 Å². The molecule has 1 amide bonds. The van der Waals surface area contributed by atoms with E-state index in [1.54, 1.807) is 6.92 Å². The van der Waals surface area contributed by atoms with Gasteiger partial charge in [-0.05, 0) is 50.5 Å². The molecule has 3 rings (SSSR count). The van der Waals surface area contributed by atoms with Crippen LogP contribution in [0.5, 0.6) is 0 Å². The molecule has 1 saturated carbocycles. The van der Waals surface area contributed by atoms with Crippen molar-refractivity contribution < 1.29 is 24.6 Å². The van der Waals surface area contributed by atoms with Crippen molar-refractivity contribution in [2.24, 2.45) is 5.92 Å². The normalized spacial score (nSPS) is 25.9. The van der Waals surface area contributed by atoms with Crippen molar-refractivity contribution in [1.82, 2.24) is 10.2 Å². The van der Waals surface area contributed by atoms with E-state index in [0.29, 0.717) is 19.3 Å². The van der Waals surface area contributed by atoms with Gasteiger partial charge in [-0.2, -0.15) is 0 Å². The molecule has 0 spiro atoms. The topological polar surface area (TPSA) is 107 Å². The zero-order chi connectivity index (χ0) is 20.3. The number of hydrogen-bond acceptors (Lipinski definition) is 4. The summed E-state index contributed by atoms with van der Waals surface area (Å²) < 4.78 is 0. The first-order valence-electron chi connectivity index (χ1n) is 9.96. The lowest BCUT2D eigenvalue weighted by molar-refractivity contribution is -0.151. The van der Waals surface area contributed by atoms with Crippen LogP contribution in [0.1, 0.15) is 44.6 Å². The maximum atomic E-state index is 13.0. The molecule has 28 heavy (non-hydrogen) atoms. The van der Waals surface area contributed by atoms with Crippen molar-refractivity contribution in [3.8, 4) is 0 Å². The number of nitrogens with one attached hydrogen (secondary N) is 1. The first-order chi connectivity index (χ1) is 13.4. The predicted octanol–water partition coefficient (Wildman–Crippen LogP) is 1.90. The summed E-state index contributed by atoms with van der Waals surface area (Å²) in [7, 11) is 0. The largest absolute Gasteiger partial charge is 0.480 e. The monoisotopic (exact) mass is 388 g/mol. The zero-order valence-corrected chi connectivity index (χ0v) is 16.1. The Morgan fingerprint density at radius 3 is 2.54 bits per heavy atom. The smallest absolute Gasteiger partial charge is 0.326 e. The Labute approximate surface area is 164 Å². The van der Waals surface area contributed by atoms with Crippen LogP contribution in [0, 0.1) is 5.92 Å². The number of fused-ring (bicyclic) bond motifs is 1. The number of carboxylic acid groups (broad SMARTS) is 2. The molecule has 1 aromatic carbocycles. The van der Waals surface area contributed by atoms with Gasteiger partial charge in [-0.1, -0.05) is 36.8 Å². The van der Waals surface area contributed by atoms with Crippen molar-refractivity contribution >= 4 is 17.8 Å². The summed E-state index contributed by atoms with van der Waals surface area (Å²) >= 11 is 0. The molecule has 7 heteroatoms. The first kappa shape index (κ1) is 20.3. The van der Waals surface area contributed by atoms with Crippen LogP contribution in [-0.4, -0.2) is 57.1 Å². The molecular weight excluding hydrogens is 360 g/mol. The molecule has 1 aliphatic carbocycles. The van der Waals surface area contributed by atoms with Gasteiger partial charge in [0, 0.05) is 6.04 Å². The van der Waals surface area contributed by atoms with E-state index in [9.17, 15) is 24.6 Å². The molecule has 7 nitrogen and oxygen atoms in total. The third-order valence-corrected chi connectivity index (χ3v) is 6.06. The Bertz CT molecular complexity index is 723. The van der Waals surface area contributed by atoms with Gasteiger partial charge in [0.1, 0.15) is 12.1 Å². The minimum absolute atomic E-state index is 0.0366. The molecule has 5 atom stereocenters. The second-order valence-corrected chi connectivity index (χ2v) is 7.90. The molecule has 1 aromatic rings. The van der Waals surface area contributed by atoms with Crippen molar-refractivity contribution in [1.29, 1.82) is 0 Å². The average molecular weight is 388 g/mol. The van der Waals surface area contributed by atoms with Crippen LogP contribution < -0.4 is 5.32 Å². The van der Waals surface area contributed by atoms with E-state index in [4.69, 9.17) is 0 Å². The van der Waals surface area contributed by atoms with Crippen LogP contribution in [0.3, 0.4) is 0 Å². The zero-order valence-electron chi connectivity index (χ0n) is 16.1. The van der Waals surface area contributed by atoms with Gasteiger partial charge in [0.2, 0.25) is 5.91 Å². The van der Waals surface area contributed by atoms with Gasteiger partial charge < -0.3 is 15.1 Å². The highest BCUT2D eigenvalue weighted by atomic mass is 16.4. The van der Waals surface area contributed by atoms with Crippen LogP contribution in [0.2, 0.25) is 0 Å². The minimum Gasteiger partial charge on any atom is -0.480 e. The fourth-order valence-electron chi connectivity index (χ4n) is 4.66. The number of carboxylic acids is 2. The highest BCUT2D eigenvalue weighted by Crippen LogP contribution is 2.41. The van der Waals surface area contributed by atoms with E-state index in [-0.39, 0.29) is 17.9 Å². The molecule has 2 aliphatic rings. The van der Waals surface area contributed by atoms with E-state index < -0.39 is 30.1 Å². The molecule has 3 N–H and O–H groups in total. The number of aliphatic carboxylic acids is 2. The number of likely N-dealkylation sites (tertiary alicyclic amines) is 1. The molecular formula is C21H28N2O5. The van der Waals surface area contributed by atoms with Crippen molar-refractivity contribution in [2.45, 2.75) is 69.6 Å². The lowest BCUT2D eigenvalue weighted by atomic mass is 10.0. The highest BCUT2D eigenvalue weighted by Gasteiger charge is 2.49. The van der Waals surface area contributed by atoms with Crippen LogP contribution >= 0.6 is 0 Å². The molecule has 152 valence electrons. The standard InChI is InChI=1S/C21H28N2O5/c1-13(22-16(20(25)26)11-10-14-6-3-2-4-7-14)19(24)23-17-9-5-8-15(17)12-18(23)21(27)28/h2-4,6-7,13,15-18,22H,5,8-12H2,1H3,(H,25,26)(H,27,28)/t13-,15+,16-,17+,18-/m0/s1. The number of hydrogen-bond donors (Lipinski definition) is 3. The second kappa shape index (κ2) is 8.73. The number of carbonyl (C=O) groups excluding carboxylic acids is 1. The highest BCUT2D eigenvalue weighted by molar-refractivity contribution is 5.88. The van der Waals surface area contributed by atoms with E-state index in [0.717, 1.165) is 24.8 Å².